The lowest BCUT2D eigenvalue weighted by Crippen LogP contribution is -2.42. The molecule has 146 valence electrons. The monoisotopic (exact) mass is 373 g/mol. The van der Waals surface area contributed by atoms with Crippen molar-refractivity contribution >= 4 is 11.8 Å². The van der Waals surface area contributed by atoms with Crippen LogP contribution in [0.5, 0.6) is 5.75 Å². The highest BCUT2D eigenvalue weighted by molar-refractivity contribution is 5.78. The first-order chi connectivity index (χ1) is 13.2. The quantitative estimate of drug-likeness (QED) is 0.826. The van der Waals surface area contributed by atoms with Crippen molar-refractivity contribution in [3.8, 4) is 5.75 Å². The van der Waals surface area contributed by atoms with E-state index >= 15 is 0 Å². The predicted molar refractivity (Wildman–Crippen MR) is 99.3 cm³/mol. The van der Waals surface area contributed by atoms with E-state index in [1.807, 2.05) is 24.3 Å². The third-order valence-electron chi connectivity index (χ3n) is 5.74. The normalized spacial score (nSPS) is 25.8. The van der Waals surface area contributed by atoms with Crippen molar-refractivity contribution in [3.05, 3.63) is 29.8 Å². The SMILES string of the molecule is O=C1C[C@H]2CC[C@@H](CN1)N2Cc1ccc(OCC(=O)N2CCOCC2)cc1. The number of nitrogens with one attached hydrogen (secondary N) is 1. The Kier molecular flexibility index (Phi) is 5.59. The van der Waals surface area contributed by atoms with E-state index in [4.69, 9.17) is 9.47 Å². The number of hydrogen-bond donors (Lipinski definition) is 1. The van der Waals surface area contributed by atoms with Crippen molar-refractivity contribution in [2.45, 2.75) is 37.9 Å². The molecule has 1 aromatic rings. The van der Waals surface area contributed by atoms with E-state index in [2.05, 4.69) is 10.2 Å². The van der Waals surface area contributed by atoms with Crippen LogP contribution in [0.2, 0.25) is 0 Å². The Morgan fingerprint density at radius 1 is 1.15 bits per heavy atom. The third kappa shape index (κ3) is 4.42. The molecule has 2 atom stereocenters. The largest absolute Gasteiger partial charge is 0.484 e. The summed E-state index contributed by atoms with van der Waals surface area (Å²) in [4.78, 5) is 28.1. The molecule has 4 rings (SSSR count). The average molecular weight is 373 g/mol. The smallest absolute Gasteiger partial charge is 0.260 e. The Morgan fingerprint density at radius 3 is 2.67 bits per heavy atom. The Bertz CT molecular complexity index is 672. The van der Waals surface area contributed by atoms with Crippen LogP contribution in [-0.2, 0) is 20.9 Å². The van der Waals surface area contributed by atoms with Gasteiger partial charge in [-0.25, -0.2) is 0 Å². The number of hydrogen-bond acceptors (Lipinski definition) is 5. The minimum absolute atomic E-state index is 0.000635. The fraction of sp³-hybridized carbons (Fsp3) is 0.600. The van der Waals surface area contributed by atoms with Gasteiger partial charge in [0.15, 0.2) is 6.61 Å². The number of ether oxygens (including phenoxy) is 2. The molecule has 7 heteroatoms. The van der Waals surface area contributed by atoms with Gasteiger partial charge in [0.2, 0.25) is 5.91 Å². The second kappa shape index (κ2) is 8.27. The molecule has 0 aromatic heterocycles. The molecule has 3 saturated heterocycles. The van der Waals surface area contributed by atoms with Crippen molar-refractivity contribution in [2.24, 2.45) is 0 Å². The standard InChI is InChI=1S/C20H27N3O4/c24-19-11-16-3-4-17(12-21-19)23(16)13-15-1-5-18(6-2-15)27-14-20(25)22-7-9-26-10-8-22/h1-2,5-6,16-17H,3-4,7-14H2,(H,21,24)/t16-,17+/m1/s1. The molecule has 0 radical (unpaired) electrons. The fourth-order valence-corrected chi connectivity index (χ4v) is 4.18. The molecule has 3 aliphatic rings. The predicted octanol–water partition coefficient (Wildman–Crippen LogP) is 0.777. The Balaban J connectivity index is 1.30. The Hall–Kier alpha value is -2.12. The summed E-state index contributed by atoms with van der Waals surface area (Å²) in [6.45, 7) is 4.12. The zero-order valence-corrected chi connectivity index (χ0v) is 15.6. The number of carbonyl (C=O) groups is 2. The minimum Gasteiger partial charge on any atom is -0.484 e. The van der Waals surface area contributed by atoms with Gasteiger partial charge in [-0.05, 0) is 30.5 Å². The molecule has 1 N–H and O–H groups in total. The number of benzene rings is 1. The zero-order valence-electron chi connectivity index (χ0n) is 15.6. The lowest BCUT2D eigenvalue weighted by Gasteiger charge is -2.27. The average Bonchev–Trinajstić information content (AvgIpc) is 2.99. The van der Waals surface area contributed by atoms with Gasteiger partial charge in [-0.15, -0.1) is 0 Å². The molecule has 0 unspecified atom stereocenters. The van der Waals surface area contributed by atoms with Crippen LogP contribution in [-0.4, -0.2) is 73.2 Å². The highest BCUT2D eigenvalue weighted by atomic mass is 16.5. The molecule has 0 aliphatic carbocycles. The van der Waals surface area contributed by atoms with E-state index in [1.165, 1.54) is 5.56 Å². The van der Waals surface area contributed by atoms with E-state index in [9.17, 15) is 9.59 Å². The van der Waals surface area contributed by atoms with Crippen molar-refractivity contribution < 1.29 is 19.1 Å². The molecule has 1 aromatic carbocycles. The minimum atomic E-state index is 0.000635. The van der Waals surface area contributed by atoms with Crippen LogP contribution >= 0.6 is 0 Å². The number of fused-ring (bicyclic) bond motifs is 2. The lowest BCUT2D eigenvalue weighted by atomic mass is 10.1. The summed E-state index contributed by atoms with van der Waals surface area (Å²) in [6.07, 6.45) is 2.85. The molecule has 2 bridgehead atoms. The first-order valence-electron chi connectivity index (χ1n) is 9.79. The van der Waals surface area contributed by atoms with Crippen molar-refractivity contribution in [1.82, 2.24) is 15.1 Å². The first kappa shape index (κ1) is 18.3. The Morgan fingerprint density at radius 2 is 1.89 bits per heavy atom. The van der Waals surface area contributed by atoms with Gasteiger partial charge in [0.05, 0.1) is 13.2 Å². The van der Waals surface area contributed by atoms with Gasteiger partial charge in [-0.1, -0.05) is 12.1 Å². The Labute approximate surface area is 159 Å². The third-order valence-corrected chi connectivity index (χ3v) is 5.74. The summed E-state index contributed by atoms with van der Waals surface area (Å²) < 4.78 is 10.9. The van der Waals surface area contributed by atoms with Gasteiger partial charge in [0, 0.05) is 44.7 Å². The summed E-state index contributed by atoms with van der Waals surface area (Å²) in [6, 6.07) is 8.72. The summed E-state index contributed by atoms with van der Waals surface area (Å²) in [5, 5.41) is 3.01. The zero-order chi connectivity index (χ0) is 18.6. The summed E-state index contributed by atoms with van der Waals surface area (Å²) in [5.74, 6) is 0.873. The maximum Gasteiger partial charge on any atom is 0.260 e. The van der Waals surface area contributed by atoms with Crippen molar-refractivity contribution in [3.63, 3.8) is 0 Å². The van der Waals surface area contributed by atoms with E-state index < -0.39 is 0 Å². The molecule has 3 fully saturated rings. The van der Waals surface area contributed by atoms with Gasteiger partial charge in [0.1, 0.15) is 5.75 Å². The number of rotatable bonds is 5. The fourth-order valence-electron chi connectivity index (χ4n) is 4.18. The maximum atomic E-state index is 12.1. The number of morpholine rings is 1. The van der Waals surface area contributed by atoms with Crippen LogP contribution in [0, 0.1) is 0 Å². The summed E-state index contributed by atoms with van der Waals surface area (Å²) >= 11 is 0. The molecule has 2 amide bonds. The van der Waals surface area contributed by atoms with Gasteiger partial charge >= 0.3 is 0 Å². The van der Waals surface area contributed by atoms with Crippen LogP contribution in [0.3, 0.4) is 0 Å². The summed E-state index contributed by atoms with van der Waals surface area (Å²) in [5.41, 5.74) is 1.20. The molecule has 0 saturated carbocycles. The first-order valence-corrected chi connectivity index (χ1v) is 9.79. The number of nitrogens with zero attached hydrogens (tertiary/aromatic N) is 2. The molecule has 27 heavy (non-hydrogen) atoms. The van der Waals surface area contributed by atoms with Crippen LogP contribution in [0.4, 0.5) is 0 Å². The van der Waals surface area contributed by atoms with Crippen molar-refractivity contribution in [2.75, 3.05) is 39.5 Å². The number of carbonyl (C=O) groups excluding carboxylic acids is 2. The van der Waals surface area contributed by atoms with E-state index in [0.29, 0.717) is 50.6 Å². The summed E-state index contributed by atoms with van der Waals surface area (Å²) in [7, 11) is 0. The van der Waals surface area contributed by atoms with Crippen LogP contribution in [0.15, 0.2) is 24.3 Å². The molecule has 0 spiro atoms. The molecular formula is C20H27N3O4. The highest BCUT2D eigenvalue weighted by Gasteiger charge is 2.37. The van der Waals surface area contributed by atoms with Gasteiger partial charge in [0.25, 0.3) is 5.91 Å². The second-order valence-corrected chi connectivity index (χ2v) is 7.49. The van der Waals surface area contributed by atoms with E-state index in [0.717, 1.165) is 25.9 Å². The van der Waals surface area contributed by atoms with E-state index in [-0.39, 0.29) is 18.4 Å². The van der Waals surface area contributed by atoms with Gasteiger partial charge in [-0.2, -0.15) is 0 Å². The van der Waals surface area contributed by atoms with Crippen LogP contribution < -0.4 is 10.1 Å². The molecular weight excluding hydrogens is 346 g/mol. The molecule has 7 nitrogen and oxygen atoms in total. The van der Waals surface area contributed by atoms with Gasteiger partial charge < -0.3 is 19.7 Å². The second-order valence-electron chi connectivity index (χ2n) is 7.49. The lowest BCUT2D eigenvalue weighted by molar-refractivity contribution is -0.137. The van der Waals surface area contributed by atoms with Crippen LogP contribution in [0.1, 0.15) is 24.8 Å². The van der Waals surface area contributed by atoms with Gasteiger partial charge in [-0.3, -0.25) is 14.5 Å². The topological polar surface area (TPSA) is 71.1 Å². The van der Waals surface area contributed by atoms with Crippen molar-refractivity contribution in [1.29, 1.82) is 0 Å². The highest BCUT2D eigenvalue weighted by Crippen LogP contribution is 2.30. The maximum absolute atomic E-state index is 12.1. The van der Waals surface area contributed by atoms with Crippen LogP contribution in [0.25, 0.3) is 0 Å². The molecule has 3 aliphatic heterocycles. The number of amides is 2. The molecule has 3 heterocycles. The van der Waals surface area contributed by atoms with E-state index in [1.54, 1.807) is 4.90 Å².